The van der Waals surface area contributed by atoms with Gasteiger partial charge >= 0.3 is 30.2 Å². The van der Waals surface area contributed by atoms with Crippen LogP contribution in [-0.2, 0) is 59.1 Å². The van der Waals surface area contributed by atoms with E-state index in [4.69, 9.17) is 38.0 Å². The number of benzene rings is 8. The number of hydrogen-bond donors (Lipinski definition) is 8. The van der Waals surface area contributed by atoms with Gasteiger partial charge < -0.3 is 64.3 Å². The standard InChI is InChI=1S/C15H18N2O3.C14H13N3O3.C13H14N2O3.C10H8BrNO.C10H10N2O.C9H7BrNO.C9H6BrNO.C9H6BrN.C7H5ClO.C5H11NO2.C3H4O2/c1-15(2,3)20-14(19)16-11-9-10-7-5-6-8-12(10)17(4)13(11)18;1-16-10-5-3-2-4-9(10)8-11(13(16)19)17-7-6-12(18)15-14(17)20;1-15-11-5-3-2-4-9(11)8-10(13(15)18)14-7-6-12(16)17;2*1-12-9-5-3-2-4-7(9)6-8(11)10(12)13;10-8-5-7-3-1-2-4-9(7)11(12)6-8;10-7-5-6-3-1-2-4-8(6)11-9(7)12;10-8-5-7-3-1-2-4-9(7)11-6-8;8-7(9)6-4-2-1-3-5-6;1-5(2,3)8-4(6)7;1-2-3(4)5/h5-9H,1-4H3,(H,16,19);2-5,8H,6-7H2,1H3,(H,15,18,20);2-5,8,14H,6-7H2,1H3,(H,16,17);2-6H,1H3;2-6H,11H2,1H3;1-6,9H;1-5H,(H,11,12);1-6H;1-5H;1-3H3,(H2,6,7);2H,1H2,(H,4,5)/q;;;;;+1;;;;;. The van der Waals surface area contributed by atoms with E-state index in [1.165, 1.54) is 25.6 Å². The molecule has 15 aromatic rings. The highest BCUT2D eigenvalue weighted by Crippen LogP contribution is 2.27. The molecular weight excluding hydrogens is 2090 g/mol. The van der Waals surface area contributed by atoms with Crippen LogP contribution in [0.2, 0.25) is 0 Å². The molecule has 5 amide bonds. The number of ether oxygens (including phenoxy) is 2. The minimum atomic E-state index is -0.981. The molecule has 37 heteroatoms. The number of H-pyrrole nitrogens is 1. The van der Waals surface area contributed by atoms with Gasteiger partial charge in [0.25, 0.3) is 44.6 Å². The second kappa shape index (κ2) is 52.4. The Morgan fingerprint density at radius 2 is 1.00 bits per heavy atom. The SMILES string of the molecule is Brc1cnc2ccccc2c1.C=CC(=O)O.CC(C)(C)OC(N)=O.Cn1c(=O)c(Br)cc2ccccc21.Cn1c(=O)c(N)cc2ccccc21.Cn1c(=O)c(N2CCC(=O)NC2=O)cc2ccccc21.Cn1c(=O)c(NC(=O)OC(C)(C)C)cc2ccccc21.Cn1c(=O)c(NCCC(=O)O)cc2ccccc21.O=C(Cl)c1ccccc1.O=[N+]1C=C(Br)C=C2C=CC=CC21.O=c1[nH]c2ccccc2cc1Br. The molecule has 2 aliphatic heterocycles. The van der Waals surface area contributed by atoms with Gasteiger partial charge in [-0.05, 0) is 225 Å². The maximum Gasteiger partial charge on any atom is 0.412 e. The van der Waals surface area contributed by atoms with E-state index in [2.05, 4.69) is 107 Å². The third-order valence-corrected chi connectivity index (χ3v) is 22.2. The summed E-state index contributed by atoms with van der Waals surface area (Å²) in [4.78, 5) is 165. The molecule has 1 fully saturated rings. The van der Waals surface area contributed by atoms with Gasteiger partial charge in [0.05, 0.1) is 58.6 Å². The Hall–Kier alpha value is -15.4. The number of carboxylic acids is 2. The summed E-state index contributed by atoms with van der Waals surface area (Å²) in [7, 11) is 8.54. The molecule has 8 aromatic carbocycles. The van der Waals surface area contributed by atoms with Gasteiger partial charge in [-0.2, -0.15) is 0 Å². The van der Waals surface area contributed by atoms with Crippen LogP contribution in [0.3, 0.4) is 0 Å². The number of primary amides is 1. The zero-order valence-corrected chi connectivity index (χ0v) is 85.5. The molecule has 1 saturated heterocycles. The number of pyridine rings is 7. The van der Waals surface area contributed by atoms with Crippen molar-refractivity contribution in [2.24, 2.45) is 41.0 Å². The lowest BCUT2D eigenvalue weighted by atomic mass is 10.00. The maximum atomic E-state index is 12.4. The van der Waals surface area contributed by atoms with E-state index in [9.17, 15) is 67.2 Å². The Kier molecular flexibility index (Phi) is 41.2. The van der Waals surface area contributed by atoms with Crippen LogP contribution in [0.4, 0.5) is 37.1 Å². The number of amides is 5. The zero-order valence-electron chi connectivity index (χ0n) is 78.4. The molecule has 7 aromatic heterocycles. The van der Waals surface area contributed by atoms with Gasteiger partial charge in [0.2, 0.25) is 12.1 Å². The average molecular weight is 2190 g/mol. The molecular formula is C104H102Br4ClN14O18+. The van der Waals surface area contributed by atoms with Crippen LogP contribution in [0.15, 0.2) is 350 Å². The van der Waals surface area contributed by atoms with E-state index < -0.39 is 46.6 Å². The first-order valence-electron chi connectivity index (χ1n) is 42.9. The molecule has 32 nitrogen and oxygen atoms in total. The lowest BCUT2D eigenvalue weighted by Crippen LogP contribution is -2.51. The Balaban J connectivity index is 0.000000193. The minimum Gasteiger partial charge on any atom is -0.481 e. The number of rotatable bonds is 8. The highest BCUT2D eigenvalue weighted by Gasteiger charge is 2.30. The van der Waals surface area contributed by atoms with Crippen molar-refractivity contribution in [2.75, 3.05) is 34.4 Å². The molecule has 0 saturated carbocycles. The smallest absolute Gasteiger partial charge is 0.412 e. The lowest BCUT2D eigenvalue weighted by Gasteiger charge is -2.26. The Morgan fingerprint density at radius 3 is 1.50 bits per heavy atom. The fourth-order valence-corrected chi connectivity index (χ4v) is 15.1. The number of imide groups is 1. The molecule has 141 heavy (non-hydrogen) atoms. The number of nitroso groups, excluding NO2 is 1. The van der Waals surface area contributed by atoms with Crippen molar-refractivity contribution in [3.8, 4) is 0 Å². The number of allylic oxidation sites excluding steroid dienone is 4. The van der Waals surface area contributed by atoms with E-state index in [-0.39, 0.29) is 82.6 Å². The normalized spacial score (nSPS) is 12.5. The summed E-state index contributed by atoms with van der Waals surface area (Å²) in [5, 5.41) is 30.3. The van der Waals surface area contributed by atoms with Crippen molar-refractivity contribution in [3.63, 3.8) is 0 Å². The molecule has 1 atom stereocenters. The number of aliphatic carboxylic acids is 2. The molecule has 1 aliphatic carbocycles. The number of aromatic amines is 1. The van der Waals surface area contributed by atoms with Gasteiger partial charge in [-0.15, -0.1) is 0 Å². The molecule has 10 N–H and O–H groups in total. The van der Waals surface area contributed by atoms with E-state index >= 15 is 0 Å². The van der Waals surface area contributed by atoms with Crippen LogP contribution >= 0.6 is 75.3 Å². The summed E-state index contributed by atoms with van der Waals surface area (Å²) in [6.07, 6.45) is 12.6. The van der Waals surface area contributed by atoms with Gasteiger partial charge in [0, 0.05) is 125 Å². The largest absolute Gasteiger partial charge is 0.481 e. The second-order valence-corrected chi connectivity index (χ2v) is 36.5. The summed E-state index contributed by atoms with van der Waals surface area (Å²) in [5.41, 5.74) is 17.3. The van der Waals surface area contributed by atoms with Gasteiger partial charge in [-0.3, -0.25) is 63.7 Å². The number of aryl methyl sites for hydroxylation is 5. The molecule has 1 unspecified atom stereocenters. The Morgan fingerprint density at radius 1 is 0.553 bits per heavy atom. The van der Waals surface area contributed by atoms with Crippen molar-refractivity contribution < 1.29 is 58.0 Å². The van der Waals surface area contributed by atoms with Crippen LogP contribution in [0.1, 0.15) is 64.7 Å². The topological polar surface area (TPSA) is 446 Å². The van der Waals surface area contributed by atoms with Crippen molar-refractivity contribution in [1.29, 1.82) is 0 Å². The summed E-state index contributed by atoms with van der Waals surface area (Å²) >= 11 is 18.2. The number of carbonyl (C=O) groups is 7. The predicted octanol–water partition coefficient (Wildman–Crippen LogP) is 19.6. The van der Waals surface area contributed by atoms with Gasteiger partial charge in [0.1, 0.15) is 28.3 Å². The van der Waals surface area contributed by atoms with Crippen LogP contribution < -0.4 is 65.7 Å². The van der Waals surface area contributed by atoms with Crippen molar-refractivity contribution >= 4 is 216 Å². The fourth-order valence-electron chi connectivity index (χ4n) is 13.3. The number of nitrogens with one attached hydrogen (secondary N) is 4. The predicted molar refractivity (Wildman–Crippen MR) is 572 cm³/mol. The molecule has 0 radical (unpaired) electrons. The quantitative estimate of drug-likeness (QED) is 0.0398. The zero-order chi connectivity index (χ0) is 104. The highest BCUT2D eigenvalue weighted by atomic mass is 79.9. The number of urea groups is 1. The number of fused-ring (bicyclic) bond motifs is 8. The van der Waals surface area contributed by atoms with Gasteiger partial charge in [-0.1, -0.05) is 183 Å². The molecule has 730 valence electrons. The summed E-state index contributed by atoms with van der Waals surface area (Å²) in [6, 6.07) is 74.2. The van der Waals surface area contributed by atoms with Gasteiger partial charge in [0.15, 0.2) is 0 Å². The lowest BCUT2D eigenvalue weighted by molar-refractivity contribution is -0.499. The molecule has 3 aliphatic rings. The number of carbonyl (C=O) groups excluding carboxylic acids is 5. The Bertz CT molecular complexity index is 7610. The number of nitrogen functional groups attached to an aromatic ring is 1. The van der Waals surface area contributed by atoms with E-state index in [1.54, 1.807) is 139 Å². The van der Waals surface area contributed by atoms with E-state index in [0.29, 0.717) is 25.9 Å². The molecule has 0 bridgehead atoms. The summed E-state index contributed by atoms with van der Waals surface area (Å²) < 4.78 is 21.5. The average Bonchev–Trinajstić information content (AvgIpc) is 0.770. The minimum absolute atomic E-state index is 0.00120. The third-order valence-electron chi connectivity index (χ3n) is 20.0. The van der Waals surface area contributed by atoms with E-state index in [1.807, 2.05) is 225 Å². The maximum absolute atomic E-state index is 12.4. The number of nitrogens with two attached hydrogens (primary N) is 2. The fraction of sp³-hybridized carbons (Fsp3) is 0.173. The van der Waals surface area contributed by atoms with Crippen molar-refractivity contribution in [3.05, 3.63) is 394 Å². The monoisotopic (exact) mass is 2190 g/mol. The first kappa shape index (κ1) is 111. The summed E-state index contributed by atoms with van der Waals surface area (Å²) in [5.74, 6) is -2.19. The highest BCUT2D eigenvalue weighted by molar-refractivity contribution is 9.12. The number of nitrogens with zero attached hydrogens (tertiary/aromatic N) is 8. The van der Waals surface area contributed by atoms with Crippen LogP contribution in [0, 0.1) is 4.91 Å². The first-order valence-corrected chi connectivity index (χ1v) is 46.5. The number of anilines is 4. The van der Waals surface area contributed by atoms with Crippen LogP contribution in [0.25, 0.3) is 76.3 Å². The number of para-hydroxylation sites is 7. The van der Waals surface area contributed by atoms with Crippen molar-refractivity contribution in [2.45, 2.75) is 71.6 Å². The molecule has 9 heterocycles. The first-order chi connectivity index (χ1) is 66.7. The number of hydrogen-bond acceptors (Lipinski definition) is 19. The van der Waals surface area contributed by atoms with Crippen molar-refractivity contribution in [1.82, 2.24) is 38.1 Å². The number of aromatic nitrogens is 7. The Labute approximate surface area is 846 Å². The summed E-state index contributed by atoms with van der Waals surface area (Å²) in [6.45, 7) is 14.0. The van der Waals surface area contributed by atoms with E-state index in [0.717, 1.165) is 96.3 Å². The second-order valence-electron chi connectivity index (χ2n) is 32.6. The molecule has 0 spiro atoms. The number of halogens is 5. The van der Waals surface area contributed by atoms with Gasteiger partial charge in [-0.25, -0.2) is 19.2 Å². The molecule has 18 rings (SSSR count). The van der Waals surface area contributed by atoms with Crippen LogP contribution in [-0.4, -0.2) is 119 Å². The third kappa shape index (κ3) is 33.5. The van der Waals surface area contributed by atoms with Crippen LogP contribution in [0.5, 0.6) is 0 Å². The number of carboxylic acid groups (broad SMARTS) is 2.